The first-order chi connectivity index (χ1) is 12.0. The van der Waals surface area contributed by atoms with Crippen molar-refractivity contribution in [1.29, 1.82) is 0 Å². The number of benzene rings is 2. The van der Waals surface area contributed by atoms with Crippen molar-refractivity contribution in [3.8, 4) is 5.75 Å². The van der Waals surface area contributed by atoms with E-state index >= 15 is 0 Å². The second kappa shape index (κ2) is 8.77. The lowest BCUT2D eigenvalue weighted by atomic mass is 10.1. The first-order valence-electron chi connectivity index (χ1n) is 7.62. The van der Waals surface area contributed by atoms with Gasteiger partial charge >= 0.3 is 0 Å². The highest BCUT2D eigenvalue weighted by molar-refractivity contribution is 6.03. The van der Waals surface area contributed by atoms with Crippen molar-refractivity contribution in [2.75, 3.05) is 19.0 Å². The third-order valence-corrected chi connectivity index (χ3v) is 3.42. The first kappa shape index (κ1) is 18.4. The van der Waals surface area contributed by atoms with E-state index in [1.165, 1.54) is 0 Å². The maximum Gasteiger partial charge on any atom is 0.233 e. The molecule has 2 N–H and O–H groups in total. The molecule has 0 atom stereocenters. The summed E-state index contributed by atoms with van der Waals surface area (Å²) in [7, 11) is 1.58. The monoisotopic (exact) mass is 348 g/mol. The highest BCUT2D eigenvalue weighted by Gasteiger charge is 2.12. The van der Waals surface area contributed by atoms with E-state index in [-0.39, 0.29) is 5.69 Å². The largest absolute Gasteiger partial charge is 0.497 e. The molecule has 0 heterocycles. The van der Waals surface area contributed by atoms with Crippen LogP contribution >= 0.6 is 0 Å². The lowest BCUT2D eigenvalue weighted by Gasteiger charge is -2.08. The van der Waals surface area contributed by atoms with Crippen LogP contribution in [-0.4, -0.2) is 25.5 Å². The number of methoxy groups -OCH3 is 1. The van der Waals surface area contributed by atoms with Crippen LogP contribution in [0.25, 0.3) is 0 Å². The van der Waals surface area contributed by atoms with Gasteiger partial charge in [-0.05, 0) is 36.2 Å². The molecule has 0 aliphatic heterocycles. The predicted molar refractivity (Wildman–Crippen MR) is 89.3 cm³/mol. The Balaban J connectivity index is 1.74. The zero-order valence-electron chi connectivity index (χ0n) is 13.6. The number of halogens is 2. The normalized spacial score (nSPS) is 10.2. The molecule has 0 saturated heterocycles. The smallest absolute Gasteiger partial charge is 0.233 e. The van der Waals surface area contributed by atoms with E-state index in [1.54, 1.807) is 7.11 Å². The molecule has 0 saturated carbocycles. The zero-order chi connectivity index (χ0) is 18.2. The third-order valence-electron chi connectivity index (χ3n) is 3.42. The molecule has 5 nitrogen and oxygen atoms in total. The maximum absolute atomic E-state index is 13.4. The van der Waals surface area contributed by atoms with Gasteiger partial charge in [-0.2, -0.15) is 0 Å². The van der Waals surface area contributed by atoms with Crippen molar-refractivity contribution in [1.82, 2.24) is 5.32 Å². The molecule has 0 radical (unpaired) electrons. The average molecular weight is 348 g/mol. The Morgan fingerprint density at radius 3 is 2.40 bits per heavy atom. The van der Waals surface area contributed by atoms with Crippen LogP contribution in [0.4, 0.5) is 14.5 Å². The third kappa shape index (κ3) is 5.87. The van der Waals surface area contributed by atoms with Gasteiger partial charge in [-0.15, -0.1) is 0 Å². The van der Waals surface area contributed by atoms with Crippen molar-refractivity contribution in [2.24, 2.45) is 0 Å². The molecular formula is C18H18F2N2O3. The zero-order valence-corrected chi connectivity index (χ0v) is 13.6. The van der Waals surface area contributed by atoms with E-state index in [0.29, 0.717) is 19.0 Å². The predicted octanol–water partition coefficient (Wildman–Crippen LogP) is 2.66. The van der Waals surface area contributed by atoms with Crippen LogP contribution in [0.1, 0.15) is 12.0 Å². The number of ether oxygens (including phenoxy) is 1. The standard InChI is InChI=1S/C18H18F2N2O3/c1-25-14-5-2-12(3-6-14)8-9-21-17(23)11-18(24)22-16-7-4-13(19)10-15(16)20/h2-7,10H,8-9,11H2,1H3,(H,21,23)(H,22,24). The van der Waals surface area contributed by atoms with Gasteiger partial charge in [0, 0.05) is 12.6 Å². The fourth-order valence-corrected chi connectivity index (χ4v) is 2.13. The minimum absolute atomic E-state index is 0.169. The summed E-state index contributed by atoms with van der Waals surface area (Å²) in [5.74, 6) is -2.04. The van der Waals surface area contributed by atoms with E-state index in [2.05, 4.69) is 10.6 Å². The Kier molecular flexibility index (Phi) is 6.45. The Morgan fingerprint density at radius 2 is 1.76 bits per heavy atom. The van der Waals surface area contributed by atoms with Crippen molar-refractivity contribution in [2.45, 2.75) is 12.8 Å². The van der Waals surface area contributed by atoms with Crippen LogP contribution in [0.5, 0.6) is 5.75 Å². The number of rotatable bonds is 7. The SMILES string of the molecule is COc1ccc(CCNC(=O)CC(=O)Nc2ccc(F)cc2F)cc1. The van der Waals surface area contributed by atoms with E-state index < -0.39 is 29.9 Å². The lowest BCUT2D eigenvalue weighted by molar-refractivity contribution is -0.126. The quantitative estimate of drug-likeness (QED) is 0.756. The summed E-state index contributed by atoms with van der Waals surface area (Å²) >= 11 is 0. The Hall–Kier alpha value is -2.96. The molecule has 0 aromatic heterocycles. The molecular weight excluding hydrogens is 330 g/mol. The summed E-state index contributed by atoms with van der Waals surface area (Å²) < 4.78 is 31.3. The van der Waals surface area contributed by atoms with Gasteiger partial charge in [0.05, 0.1) is 12.8 Å². The molecule has 0 aliphatic carbocycles. The topological polar surface area (TPSA) is 67.4 Å². The summed E-state index contributed by atoms with van der Waals surface area (Å²) in [6.45, 7) is 0.364. The second-order valence-corrected chi connectivity index (χ2v) is 5.30. The van der Waals surface area contributed by atoms with E-state index in [1.807, 2.05) is 24.3 Å². The highest BCUT2D eigenvalue weighted by atomic mass is 19.1. The van der Waals surface area contributed by atoms with Crippen molar-refractivity contribution in [3.63, 3.8) is 0 Å². The number of anilines is 1. The maximum atomic E-state index is 13.4. The van der Waals surface area contributed by atoms with Crippen LogP contribution in [0.15, 0.2) is 42.5 Å². The number of carbonyl (C=O) groups is 2. The van der Waals surface area contributed by atoms with Crippen molar-refractivity contribution < 1.29 is 23.1 Å². The summed E-state index contributed by atoms with van der Waals surface area (Å²) in [5, 5.41) is 4.85. The van der Waals surface area contributed by atoms with E-state index in [9.17, 15) is 18.4 Å². The van der Waals surface area contributed by atoms with E-state index in [0.717, 1.165) is 23.4 Å². The molecule has 2 aromatic rings. The molecule has 2 amide bonds. The Bertz CT molecular complexity index is 748. The van der Waals surface area contributed by atoms with Crippen molar-refractivity contribution >= 4 is 17.5 Å². The first-order valence-corrected chi connectivity index (χ1v) is 7.62. The van der Waals surface area contributed by atoms with Gasteiger partial charge in [-0.1, -0.05) is 12.1 Å². The molecule has 0 aliphatic rings. The van der Waals surface area contributed by atoms with Crippen molar-refractivity contribution in [3.05, 3.63) is 59.7 Å². The van der Waals surface area contributed by atoms with Crippen LogP contribution < -0.4 is 15.4 Å². The molecule has 132 valence electrons. The molecule has 0 fully saturated rings. The van der Waals surface area contributed by atoms with Gasteiger partial charge in [-0.25, -0.2) is 8.78 Å². The molecule has 0 bridgehead atoms. The molecule has 0 spiro atoms. The summed E-state index contributed by atoms with van der Waals surface area (Å²) in [6.07, 6.45) is 0.156. The second-order valence-electron chi connectivity index (χ2n) is 5.30. The number of carbonyl (C=O) groups excluding carboxylic acids is 2. The molecule has 0 unspecified atom stereocenters. The van der Waals surface area contributed by atoms with Crippen LogP contribution in [0.2, 0.25) is 0 Å². The van der Waals surface area contributed by atoms with Gasteiger partial charge in [0.25, 0.3) is 0 Å². The Morgan fingerprint density at radius 1 is 1.04 bits per heavy atom. The van der Waals surface area contributed by atoms with Gasteiger partial charge in [0.15, 0.2) is 0 Å². The molecule has 2 rings (SSSR count). The fraction of sp³-hybridized carbons (Fsp3) is 0.222. The molecule has 7 heteroatoms. The number of amides is 2. The number of nitrogens with one attached hydrogen (secondary N) is 2. The highest BCUT2D eigenvalue weighted by Crippen LogP contribution is 2.15. The Labute approximate surface area is 144 Å². The van der Waals surface area contributed by atoms with Gasteiger partial charge in [0.1, 0.15) is 23.8 Å². The van der Waals surface area contributed by atoms with Crippen LogP contribution in [-0.2, 0) is 16.0 Å². The fourth-order valence-electron chi connectivity index (χ4n) is 2.13. The van der Waals surface area contributed by atoms with Gasteiger partial charge < -0.3 is 15.4 Å². The minimum atomic E-state index is -0.895. The van der Waals surface area contributed by atoms with E-state index in [4.69, 9.17) is 4.74 Å². The average Bonchev–Trinajstić information content (AvgIpc) is 2.58. The van der Waals surface area contributed by atoms with Gasteiger partial charge in [-0.3, -0.25) is 9.59 Å². The summed E-state index contributed by atoms with van der Waals surface area (Å²) in [5.41, 5.74) is 0.844. The molecule has 25 heavy (non-hydrogen) atoms. The van der Waals surface area contributed by atoms with Gasteiger partial charge in [0.2, 0.25) is 11.8 Å². The summed E-state index contributed by atoms with van der Waals surface area (Å²) in [4.78, 5) is 23.4. The number of hydrogen-bond donors (Lipinski definition) is 2. The van der Waals surface area contributed by atoms with Crippen LogP contribution in [0, 0.1) is 11.6 Å². The summed E-state index contributed by atoms with van der Waals surface area (Å²) in [6, 6.07) is 10.2. The van der Waals surface area contributed by atoms with Crippen LogP contribution in [0.3, 0.4) is 0 Å². The number of hydrogen-bond acceptors (Lipinski definition) is 3. The minimum Gasteiger partial charge on any atom is -0.497 e. The molecule has 2 aromatic carbocycles. The lowest BCUT2D eigenvalue weighted by Crippen LogP contribution is -2.29.